The van der Waals surface area contributed by atoms with Gasteiger partial charge < -0.3 is 23.9 Å². The van der Waals surface area contributed by atoms with Crippen molar-refractivity contribution in [1.29, 1.82) is 5.26 Å². The summed E-state index contributed by atoms with van der Waals surface area (Å²) in [6.07, 6.45) is 3.99. The number of aromatic carboxylic acids is 1. The Morgan fingerprint density at radius 2 is 1.93 bits per heavy atom. The number of carboxylic acids is 1. The normalized spacial score (nSPS) is 17.4. The Morgan fingerprint density at radius 3 is 2.65 bits per heavy atom. The van der Waals surface area contributed by atoms with E-state index in [4.69, 9.17) is 24.5 Å². The second-order valence-corrected chi connectivity index (χ2v) is 10.5. The van der Waals surface area contributed by atoms with Crippen LogP contribution in [0.5, 0.6) is 11.6 Å². The summed E-state index contributed by atoms with van der Waals surface area (Å²) in [5.41, 5.74) is 1.37. The van der Waals surface area contributed by atoms with Gasteiger partial charge in [0.25, 0.3) is 0 Å². The zero-order valence-electron chi connectivity index (χ0n) is 23.1. The number of fused-ring (bicyclic) bond motifs is 1. The van der Waals surface area contributed by atoms with Gasteiger partial charge in [-0.05, 0) is 43.5 Å². The Balaban J connectivity index is 1.06. The van der Waals surface area contributed by atoms with Crippen LogP contribution in [0.15, 0.2) is 42.6 Å². The third-order valence-electron chi connectivity index (χ3n) is 7.62. The van der Waals surface area contributed by atoms with E-state index in [1.165, 1.54) is 6.20 Å². The number of imidazole rings is 1. The summed E-state index contributed by atoms with van der Waals surface area (Å²) in [7, 11) is 0. The molecular weight excluding hydrogens is 562 g/mol. The van der Waals surface area contributed by atoms with Gasteiger partial charge in [0, 0.05) is 38.0 Å². The number of halogens is 2. The van der Waals surface area contributed by atoms with Crippen LogP contribution in [-0.2, 0) is 24.4 Å². The molecule has 222 valence electrons. The lowest BCUT2D eigenvalue weighted by atomic mass is 10.1. The molecule has 4 aromatic rings. The number of hydrogen-bond acceptors (Lipinski definition) is 9. The molecule has 13 heteroatoms. The van der Waals surface area contributed by atoms with Crippen molar-refractivity contribution in [2.24, 2.45) is 0 Å². The minimum absolute atomic E-state index is 0.0784. The number of hydrogen-bond donors (Lipinski definition) is 1. The van der Waals surface area contributed by atoms with Gasteiger partial charge in [0.1, 0.15) is 30.4 Å². The van der Waals surface area contributed by atoms with E-state index in [2.05, 4.69) is 19.4 Å². The fraction of sp³-hybridized carbons (Fsp3) is 0.367. The maximum atomic E-state index is 14.1. The van der Waals surface area contributed by atoms with Gasteiger partial charge in [-0.25, -0.2) is 23.5 Å². The van der Waals surface area contributed by atoms with Crippen molar-refractivity contribution in [2.45, 2.75) is 51.2 Å². The molecule has 0 amide bonds. The quantitative estimate of drug-likeness (QED) is 0.288. The third-order valence-corrected chi connectivity index (χ3v) is 7.62. The van der Waals surface area contributed by atoms with Gasteiger partial charge in [-0.15, -0.1) is 0 Å². The zero-order valence-corrected chi connectivity index (χ0v) is 23.1. The highest BCUT2D eigenvalue weighted by Crippen LogP contribution is 2.26. The third kappa shape index (κ3) is 6.40. The molecule has 4 heterocycles. The van der Waals surface area contributed by atoms with Gasteiger partial charge >= 0.3 is 5.97 Å². The largest absolute Gasteiger partial charge is 0.482 e. The Morgan fingerprint density at radius 1 is 1.12 bits per heavy atom. The highest BCUT2D eigenvalue weighted by atomic mass is 19.1. The first kappa shape index (κ1) is 28.4. The Labute approximate surface area is 245 Å². The van der Waals surface area contributed by atoms with Crippen LogP contribution < -0.4 is 9.47 Å². The van der Waals surface area contributed by atoms with Crippen LogP contribution in [0, 0.1) is 23.0 Å². The number of piperidine rings is 1. The van der Waals surface area contributed by atoms with Crippen molar-refractivity contribution in [1.82, 2.24) is 24.4 Å². The number of benzene rings is 2. The van der Waals surface area contributed by atoms with Gasteiger partial charge in [0.2, 0.25) is 5.88 Å². The summed E-state index contributed by atoms with van der Waals surface area (Å²) >= 11 is 0. The molecule has 0 bridgehead atoms. The predicted molar refractivity (Wildman–Crippen MR) is 147 cm³/mol. The molecule has 43 heavy (non-hydrogen) atoms. The molecular formula is C30H28F2N6O5. The van der Waals surface area contributed by atoms with Crippen LogP contribution in [0.1, 0.15) is 46.8 Å². The Hall–Kier alpha value is -4.67. The van der Waals surface area contributed by atoms with Crippen molar-refractivity contribution < 1.29 is 32.9 Å². The summed E-state index contributed by atoms with van der Waals surface area (Å²) in [5.74, 6) is -1.58. The molecule has 2 fully saturated rings. The van der Waals surface area contributed by atoms with Crippen LogP contribution in [-0.4, -0.2) is 67.4 Å². The molecule has 0 unspecified atom stereocenters. The lowest BCUT2D eigenvalue weighted by molar-refractivity contribution is -0.0592. The molecule has 0 radical (unpaired) electrons. The first-order chi connectivity index (χ1) is 20.9. The second kappa shape index (κ2) is 12.3. The molecule has 2 aliphatic heterocycles. The van der Waals surface area contributed by atoms with Crippen LogP contribution in [0.2, 0.25) is 0 Å². The summed E-state index contributed by atoms with van der Waals surface area (Å²) in [6, 6.07) is 9.82. The first-order valence-corrected chi connectivity index (χ1v) is 13.9. The lowest BCUT2D eigenvalue weighted by Crippen LogP contribution is -2.39. The fourth-order valence-corrected chi connectivity index (χ4v) is 5.20. The Bertz CT molecular complexity index is 1690. The minimum atomic E-state index is -0.975. The predicted octanol–water partition coefficient (Wildman–Crippen LogP) is 4.09. The summed E-state index contributed by atoms with van der Waals surface area (Å²) in [5, 5.41) is 18.3. The van der Waals surface area contributed by atoms with Crippen LogP contribution in [0.25, 0.3) is 11.0 Å². The number of rotatable bonds is 10. The summed E-state index contributed by atoms with van der Waals surface area (Å²) < 4.78 is 47.2. The average molecular weight is 591 g/mol. The monoisotopic (exact) mass is 590 g/mol. The van der Waals surface area contributed by atoms with E-state index in [0.29, 0.717) is 19.0 Å². The van der Waals surface area contributed by atoms with E-state index in [0.717, 1.165) is 67.9 Å². The van der Waals surface area contributed by atoms with E-state index in [-0.39, 0.29) is 36.0 Å². The van der Waals surface area contributed by atoms with E-state index in [1.807, 2.05) is 0 Å². The van der Waals surface area contributed by atoms with Crippen LogP contribution in [0.3, 0.4) is 0 Å². The van der Waals surface area contributed by atoms with Crippen molar-refractivity contribution in [3.8, 4) is 17.7 Å². The second-order valence-electron chi connectivity index (χ2n) is 10.5. The molecule has 2 saturated heterocycles. The van der Waals surface area contributed by atoms with Gasteiger partial charge in [-0.1, -0.05) is 0 Å². The maximum absolute atomic E-state index is 14.1. The number of carboxylic acid groups (broad SMARTS) is 1. The summed E-state index contributed by atoms with van der Waals surface area (Å²) in [6.45, 7) is 3.28. The molecule has 1 N–H and O–H groups in total. The van der Waals surface area contributed by atoms with Crippen molar-refractivity contribution in [3.63, 3.8) is 0 Å². The molecule has 6 rings (SSSR count). The van der Waals surface area contributed by atoms with Crippen molar-refractivity contribution >= 4 is 17.0 Å². The number of nitrogens with zero attached hydrogens (tertiary/aromatic N) is 6. The molecule has 1 atom stereocenters. The number of ether oxygens (including phenoxy) is 3. The minimum Gasteiger partial charge on any atom is -0.482 e. The van der Waals surface area contributed by atoms with E-state index in [9.17, 15) is 18.7 Å². The number of nitriles is 1. The van der Waals surface area contributed by atoms with Gasteiger partial charge in [0.05, 0.1) is 41.4 Å². The van der Waals surface area contributed by atoms with Crippen LogP contribution >= 0.6 is 0 Å². The van der Waals surface area contributed by atoms with Crippen molar-refractivity contribution in [3.05, 3.63) is 77.0 Å². The smallest absolute Gasteiger partial charge is 0.335 e. The molecule has 0 aliphatic carbocycles. The lowest BCUT2D eigenvalue weighted by Gasteiger charge is -2.32. The number of likely N-dealkylation sites (tertiary alicyclic amines) is 1. The first-order valence-electron chi connectivity index (χ1n) is 13.9. The fourth-order valence-electron chi connectivity index (χ4n) is 5.20. The van der Waals surface area contributed by atoms with Crippen LogP contribution in [0.4, 0.5) is 8.78 Å². The Kier molecular flexibility index (Phi) is 8.13. The van der Waals surface area contributed by atoms with Gasteiger partial charge in [-0.3, -0.25) is 4.90 Å². The van der Waals surface area contributed by atoms with Crippen molar-refractivity contribution in [2.75, 3.05) is 19.7 Å². The average Bonchev–Trinajstić information content (AvgIpc) is 3.32. The standard InChI is InChI=1S/C30H28F2N6O5/c31-22-13-26(23(32)11-19(22)14-33)42-17-27-34-7-3-29(36-27)43-20-4-8-37(9-5-20)16-28-35-24-2-1-18(30(39)40)12-25(24)38(28)15-21-6-10-41-21/h1-3,7,11-13,20-21H,4-6,8-10,15-17H2,(H,39,40)/t21-/m0/s1. The number of aromatic nitrogens is 4. The molecule has 0 saturated carbocycles. The topological polar surface area (TPSA) is 136 Å². The molecule has 2 aromatic carbocycles. The molecule has 2 aromatic heterocycles. The highest BCUT2D eigenvalue weighted by molar-refractivity contribution is 5.92. The van der Waals surface area contributed by atoms with E-state index >= 15 is 0 Å². The highest BCUT2D eigenvalue weighted by Gasteiger charge is 2.26. The SMILES string of the molecule is N#Cc1cc(F)c(OCc2nccc(OC3CCN(Cc4nc5ccc(C(=O)O)cc5n4C[C@@H]4CCO4)CC3)n2)cc1F. The maximum Gasteiger partial charge on any atom is 0.335 e. The van der Waals surface area contributed by atoms with Gasteiger partial charge in [-0.2, -0.15) is 10.2 Å². The molecule has 11 nitrogen and oxygen atoms in total. The number of carbonyl (C=O) groups is 1. The molecule has 2 aliphatic rings. The zero-order chi connectivity index (χ0) is 29.9. The summed E-state index contributed by atoms with van der Waals surface area (Å²) in [4.78, 5) is 27.1. The van der Waals surface area contributed by atoms with E-state index < -0.39 is 23.2 Å². The van der Waals surface area contributed by atoms with Gasteiger partial charge in [0.15, 0.2) is 17.4 Å². The van der Waals surface area contributed by atoms with E-state index in [1.54, 1.807) is 30.3 Å². The molecule has 0 spiro atoms.